The number of sulfonamides is 1. The lowest BCUT2D eigenvalue weighted by atomic mass is 10.1. The van der Waals surface area contributed by atoms with Gasteiger partial charge in [-0.2, -0.15) is 4.31 Å². The molecule has 0 aliphatic carbocycles. The summed E-state index contributed by atoms with van der Waals surface area (Å²) in [5.74, 6) is -0.207. The predicted octanol–water partition coefficient (Wildman–Crippen LogP) is 2.46. The fraction of sp³-hybridized carbons (Fsp3) is 0.650. The molecule has 2 fully saturated rings. The van der Waals surface area contributed by atoms with Crippen molar-refractivity contribution in [3.63, 3.8) is 0 Å². The van der Waals surface area contributed by atoms with Crippen LogP contribution in [0, 0.1) is 0 Å². The number of hydrogen-bond donors (Lipinski definition) is 1. The van der Waals surface area contributed by atoms with Crippen LogP contribution in [-0.2, 0) is 10.0 Å². The summed E-state index contributed by atoms with van der Waals surface area (Å²) < 4.78 is 27.6. The summed E-state index contributed by atoms with van der Waals surface area (Å²) in [6.07, 6.45) is 5.09. The lowest BCUT2D eigenvalue weighted by Gasteiger charge is -2.32. The molecule has 2 aliphatic heterocycles. The third-order valence-corrected chi connectivity index (χ3v) is 7.86. The van der Waals surface area contributed by atoms with Crippen molar-refractivity contribution in [1.82, 2.24) is 14.5 Å². The zero-order valence-corrected chi connectivity index (χ0v) is 17.2. The van der Waals surface area contributed by atoms with Crippen molar-refractivity contribution >= 4 is 15.9 Å². The average molecular weight is 394 g/mol. The van der Waals surface area contributed by atoms with Gasteiger partial charge in [-0.25, -0.2) is 8.42 Å². The van der Waals surface area contributed by atoms with Crippen LogP contribution in [0.15, 0.2) is 29.2 Å². The first-order valence-electron chi connectivity index (χ1n) is 10.1. The molecule has 1 aromatic rings. The molecule has 6 nitrogen and oxygen atoms in total. The Kier molecular flexibility index (Phi) is 6.55. The van der Waals surface area contributed by atoms with E-state index in [-0.39, 0.29) is 16.8 Å². The largest absolute Gasteiger partial charge is 0.350 e. The Balaban J connectivity index is 1.70. The van der Waals surface area contributed by atoms with Crippen molar-refractivity contribution in [2.75, 3.05) is 26.2 Å². The van der Waals surface area contributed by atoms with Crippen LogP contribution in [0.25, 0.3) is 0 Å². The highest BCUT2D eigenvalue weighted by molar-refractivity contribution is 7.89. The van der Waals surface area contributed by atoms with Gasteiger partial charge in [0.25, 0.3) is 5.91 Å². The van der Waals surface area contributed by atoms with Gasteiger partial charge in [-0.15, -0.1) is 0 Å². The van der Waals surface area contributed by atoms with Crippen LogP contribution in [-0.4, -0.2) is 61.8 Å². The molecule has 1 N–H and O–H groups in total. The van der Waals surface area contributed by atoms with Crippen molar-refractivity contribution in [2.45, 2.75) is 62.9 Å². The second-order valence-electron chi connectivity index (χ2n) is 7.62. The van der Waals surface area contributed by atoms with E-state index in [1.165, 1.54) is 6.07 Å². The van der Waals surface area contributed by atoms with Gasteiger partial charge in [-0.05, 0) is 63.9 Å². The van der Waals surface area contributed by atoms with Crippen molar-refractivity contribution in [3.05, 3.63) is 29.8 Å². The maximum atomic E-state index is 13.0. The number of nitrogens with one attached hydrogen (secondary N) is 1. The van der Waals surface area contributed by atoms with Gasteiger partial charge in [0.05, 0.1) is 4.90 Å². The monoisotopic (exact) mass is 393 g/mol. The van der Waals surface area contributed by atoms with Gasteiger partial charge < -0.3 is 5.32 Å². The first-order chi connectivity index (χ1) is 12.9. The number of amides is 1. The smallest absolute Gasteiger partial charge is 0.251 e. The Labute approximate surface area is 163 Å². The average Bonchev–Trinajstić information content (AvgIpc) is 3.14. The van der Waals surface area contributed by atoms with Gasteiger partial charge in [-0.1, -0.05) is 19.4 Å². The summed E-state index contributed by atoms with van der Waals surface area (Å²) in [5.41, 5.74) is 0.404. The molecule has 2 unspecified atom stereocenters. The zero-order valence-electron chi connectivity index (χ0n) is 16.4. The van der Waals surface area contributed by atoms with E-state index in [1.807, 2.05) is 6.92 Å². The van der Waals surface area contributed by atoms with E-state index in [1.54, 1.807) is 22.5 Å². The summed E-state index contributed by atoms with van der Waals surface area (Å²) in [4.78, 5) is 15.2. The molecule has 0 aromatic heterocycles. The minimum absolute atomic E-state index is 0.00336. The Morgan fingerprint density at radius 3 is 2.74 bits per heavy atom. The normalized spacial score (nSPS) is 24.8. The number of benzene rings is 1. The number of piperidine rings is 1. The van der Waals surface area contributed by atoms with Crippen molar-refractivity contribution in [1.29, 1.82) is 0 Å². The SMILES string of the molecule is CCN1CCCC1CNC(=O)c1cccc(S(=O)(=O)N2CCCCC2C)c1. The highest BCUT2D eigenvalue weighted by Gasteiger charge is 2.31. The first-order valence-corrected chi connectivity index (χ1v) is 11.5. The summed E-state index contributed by atoms with van der Waals surface area (Å²) in [6, 6.07) is 6.81. The molecule has 0 saturated carbocycles. The lowest BCUT2D eigenvalue weighted by molar-refractivity contribution is 0.0941. The van der Waals surface area contributed by atoms with Gasteiger partial charge in [0, 0.05) is 30.7 Å². The molecule has 2 heterocycles. The molecule has 1 aromatic carbocycles. The maximum Gasteiger partial charge on any atom is 0.251 e. The van der Waals surface area contributed by atoms with E-state index in [9.17, 15) is 13.2 Å². The molecule has 1 amide bonds. The topological polar surface area (TPSA) is 69.7 Å². The zero-order chi connectivity index (χ0) is 19.4. The Morgan fingerprint density at radius 1 is 1.19 bits per heavy atom. The maximum absolute atomic E-state index is 13.0. The van der Waals surface area contributed by atoms with E-state index in [0.29, 0.717) is 24.7 Å². The molecule has 2 atom stereocenters. The second kappa shape index (κ2) is 8.71. The fourth-order valence-electron chi connectivity index (χ4n) is 4.22. The van der Waals surface area contributed by atoms with E-state index in [2.05, 4.69) is 17.1 Å². The number of likely N-dealkylation sites (tertiary alicyclic amines) is 1. The Hall–Kier alpha value is -1.44. The Bertz CT molecular complexity index is 765. The number of nitrogens with zero attached hydrogens (tertiary/aromatic N) is 2. The molecule has 0 radical (unpaired) electrons. The lowest BCUT2D eigenvalue weighted by Crippen LogP contribution is -2.42. The van der Waals surface area contributed by atoms with Crippen LogP contribution in [0.2, 0.25) is 0 Å². The van der Waals surface area contributed by atoms with Crippen molar-refractivity contribution in [3.8, 4) is 0 Å². The molecule has 27 heavy (non-hydrogen) atoms. The number of carbonyl (C=O) groups is 1. The van der Waals surface area contributed by atoms with Gasteiger partial charge >= 0.3 is 0 Å². The van der Waals surface area contributed by atoms with E-state index in [0.717, 1.165) is 45.2 Å². The van der Waals surface area contributed by atoms with Crippen LogP contribution in [0.4, 0.5) is 0 Å². The predicted molar refractivity (Wildman–Crippen MR) is 106 cm³/mol. The van der Waals surface area contributed by atoms with Crippen molar-refractivity contribution in [2.24, 2.45) is 0 Å². The number of hydrogen-bond acceptors (Lipinski definition) is 4. The third-order valence-electron chi connectivity index (χ3n) is 5.85. The molecule has 3 rings (SSSR count). The summed E-state index contributed by atoms with van der Waals surface area (Å²) in [7, 11) is -3.57. The summed E-state index contributed by atoms with van der Waals surface area (Å²) in [6.45, 7) is 7.31. The minimum atomic E-state index is -3.57. The molecular formula is C20H31N3O3S. The minimum Gasteiger partial charge on any atom is -0.350 e. The molecular weight excluding hydrogens is 362 g/mol. The van der Waals surface area contributed by atoms with Gasteiger partial charge in [0.2, 0.25) is 10.0 Å². The van der Waals surface area contributed by atoms with Crippen LogP contribution in [0.3, 0.4) is 0 Å². The van der Waals surface area contributed by atoms with Crippen LogP contribution in [0.1, 0.15) is 56.3 Å². The molecule has 7 heteroatoms. The van der Waals surface area contributed by atoms with Crippen LogP contribution >= 0.6 is 0 Å². The van der Waals surface area contributed by atoms with E-state index < -0.39 is 10.0 Å². The van der Waals surface area contributed by atoms with E-state index >= 15 is 0 Å². The molecule has 2 saturated heterocycles. The van der Waals surface area contributed by atoms with Crippen LogP contribution in [0.5, 0.6) is 0 Å². The number of rotatable bonds is 6. The van der Waals surface area contributed by atoms with Gasteiger partial charge in [0.15, 0.2) is 0 Å². The van der Waals surface area contributed by atoms with Gasteiger partial charge in [-0.3, -0.25) is 9.69 Å². The van der Waals surface area contributed by atoms with Gasteiger partial charge in [0.1, 0.15) is 0 Å². The highest BCUT2D eigenvalue weighted by Crippen LogP contribution is 2.25. The number of likely N-dealkylation sites (N-methyl/N-ethyl adjacent to an activating group) is 1. The Morgan fingerprint density at radius 2 is 2.00 bits per heavy atom. The standard InChI is InChI=1S/C20H31N3O3S/c1-3-22-12-7-10-18(22)15-21-20(24)17-9-6-11-19(14-17)27(25,26)23-13-5-4-8-16(23)2/h6,9,11,14,16,18H,3-5,7-8,10,12-13,15H2,1-2H3,(H,21,24). The highest BCUT2D eigenvalue weighted by atomic mass is 32.2. The fourth-order valence-corrected chi connectivity index (χ4v) is 5.96. The van der Waals surface area contributed by atoms with E-state index in [4.69, 9.17) is 0 Å². The van der Waals surface area contributed by atoms with Crippen LogP contribution < -0.4 is 5.32 Å². The second-order valence-corrected chi connectivity index (χ2v) is 9.51. The quantitative estimate of drug-likeness (QED) is 0.806. The molecule has 150 valence electrons. The first kappa shape index (κ1) is 20.3. The molecule has 0 spiro atoms. The van der Waals surface area contributed by atoms with Crippen molar-refractivity contribution < 1.29 is 13.2 Å². The molecule has 0 bridgehead atoms. The summed E-state index contributed by atoms with van der Waals surface area (Å²) in [5, 5.41) is 2.98. The molecule has 2 aliphatic rings. The summed E-state index contributed by atoms with van der Waals surface area (Å²) >= 11 is 0. The number of carbonyl (C=O) groups excluding carboxylic acids is 1. The third kappa shape index (κ3) is 4.52.